The largest absolute Gasteiger partial charge is 0.493 e. The highest BCUT2D eigenvalue weighted by molar-refractivity contribution is 7.99. The molecule has 2 aromatic carbocycles. The maximum absolute atomic E-state index is 12.9. The Morgan fingerprint density at radius 1 is 1.21 bits per heavy atom. The van der Waals surface area contributed by atoms with Crippen LogP contribution in [0.5, 0.6) is 11.5 Å². The first-order valence-corrected chi connectivity index (χ1v) is 11.1. The van der Waals surface area contributed by atoms with Crippen LogP contribution in [0.2, 0.25) is 0 Å². The molecule has 3 aromatic rings. The number of thioether (sulfide) groups is 1. The fraction of sp³-hybridized carbons (Fsp3) is 0.261. The van der Waals surface area contributed by atoms with Gasteiger partial charge in [0.25, 0.3) is 0 Å². The molecule has 180 valence electrons. The van der Waals surface area contributed by atoms with Gasteiger partial charge in [0.1, 0.15) is 6.61 Å². The second-order valence-electron chi connectivity index (χ2n) is 7.16. The van der Waals surface area contributed by atoms with Crippen molar-refractivity contribution in [2.45, 2.75) is 31.4 Å². The summed E-state index contributed by atoms with van der Waals surface area (Å²) in [5.74, 6) is 1.12. The molecule has 34 heavy (non-hydrogen) atoms. The van der Waals surface area contributed by atoms with Crippen LogP contribution < -0.4 is 14.8 Å². The Morgan fingerprint density at radius 2 is 2.00 bits per heavy atom. The summed E-state index contributed by atoms with van der Waals surface area (Å²) in [6.45, 7) is 6.17. The summed E-state index contributed by atoms with van der Waals surface area (Å²) in [6, 6.07) is 10.0. The van der Waals surface area contributed by atoms with Crippen LogP contribution in [-0.2, 0) is 24.1 Å². The van der Waals surface area contributed by atoms with Crippen LogP contribution in [0.4, 0.5) is 18.9 Å². The highest BCUT2D eigenvalue weighted by Crippen LogP contribution is 2.31. The molecule has 0 radical (unpaired) electrons. The molecule has 1 N–H and O–H groups in total. The summed E-state index contributed by atoms with van der Waals surface area (Å²) >= 11 is 1.10. The Labute approximate surface area is 199 Å². The highest BCUT2D eigenvalue weighted by Gasteiger charge is 2.30. The van der Waals surface area contributed by atoms with Crippen molar-refractivity contribution in [1.29, 1.82) is 0 Å². The van der Waals surface area contributed by atoms with Crippen molar-refractivity contribution < 1.29 is 27.4 Å². The number of allylic oxidation sites excluding steroid dienone is 1. The van der Waals surface area contributed by atoms with Crippen LogP contribution in [0.3, 0.4) is 0 Å². The van der Waals surface area contributed by atoms with Gasteiger partial charge in [0.15, 0.2) is 22.5 Å². The van der Waals surface area contributed by atoms with Crippen molar-refractivity contribution in [1.82, 2.24) is 14.8 Å². The number of alkyl halides is 3. The average molecular weight is 493 g/mol. The van der Waals surface area contributed by atoms with Crippen LogP contribution in [-0.4, -0.2) is 33.5 Å². The quantitative estimate of drug-likeness (QED) is 0.313. The van der Waals surface area contributed by atoms with E-state index >= 15 is 0 Å². The Kier molecular flexibility index (Phi) is 8.21. The van der Waals surface area contributed by atoms with E-state index in [2.05, 4.69) is 22.1 Å². The smallest absolute Gasteiger partial charge is 0.416 e. The fourth-order valence-corrected chi connectivity index (χ4v) is 3.75. The SMILES string of the molecule is C=CCn1c(COc2ccc(C)cc2OC)nnc1SCC(=O)Nc1cccc(C(F)(F)F)c1. The summed E-state index contributed by atoms with van der Waals surface area (Å²) in [5.41, 5.74) is 0.258. The summed E-state index contributed by atoms with van der Waals surface area (Å²) in [4.78, 5) is 12.3. The molecule has 1 amide bonds. The monoisotopic (exact) mass is 492 g/mol. The number of carbonyl (C=O) groups is 1. The Hall–Kier alpha value is -3.47. The number of rotatable bonds is 10. The first-order valence-electron chi connectivity index (χ1n) is 10.1. The van der Waals surface area contributed by atoms with E-state index in [-0.39, 0.29) is 18.0 Å². The van der Waals surface area contributed by atoms with Gasteiger partial charge in [-0.25, -0.2) is 0 Å². The highest BCUT2D eigenvalue weighted by atomic mass is 32.2. The van der Waals surface area contributed by atoms with E-state index in [4.69, 9.17) is 9.47 Å². The molecule has 1 aromatic heterocycles. The zero-order chi connectivity index (χ0) is 24.7. The number of anilines is 1. The molecule has 0 unspecified atom stereocenters. The molecule has 0 aliphatic carbocycles. The molecule has 0 aliphatic heterocycles. The van der Waals surface area contributed by atoms with E-state index in [1.807, 2.05) is 19.1 Å². The number of aryl methyl sites for hydroxylation is 1. The number of benzene rings is 2. The number of methoxy groups -OCH3 is 1. The number of hydrogen-bond donors (Lipinski definition) is 1. The molecule has 3 rings (SSSR count). The van der Waals surface area contributed by atoms with E-state index < -0.39 is 17.6 Å². The number of aromatic nitrogens is 3. The number of hydrogen-bond acceptors (Lipinski definition) is 6. The minimum Gasteiger partial charge on any atom is -0.493 e. The standard InChI is InChI=1S/C23H23F3N4O3S/c1-4-10-30-20(13-33-18-9-8-15(2)11-19(18)32-3)28-29-22(30)34-14-21(31)27-17-7-5-6-16(12-17)23(24,25)26/h4-9,11-12H,1,10,13-14H2,2-3H3,(H,27,31). The zero-order valence-electron chi connectivity index (χ0n) is 18.6. The van der Waals surface area contributed by atoms with Crippen LogP contribution in [0.15, 0.2) is 60.3 Å². The van der Waals surface area contributed by atoms with E-state index in [0.29, 0.717) is 29.0 Å². The van der Waals surface area contributed by atoms with Gasteiger partial charge in [0.05, 0.1) is 18.4 Å². The lowest BCUT2D eigenvalue weighted by Crippen LogP contribution is -2.15. The van der Waals surface area contributed by atoms with Gasteiger partial charge in [0, 0.05) is 12.2 Å². The number of halogens is 3. The topological polar surface area (TPSA) is 78.3 Å². The van der Waals surface area contributed by atoms with Crippen LogP contribution >= 0.6 is 11.8 Å². The van der Waals surface area contributed by atoms with E-state index in [1.165, 1.54) is 12.1 Å². The Balaban J connectivity index is 1.64. The maximum Gasteiger partial charge on any atom is 0.416 e. The third-order valence-corrected chi connectivity index (χ3v) is 5.55. The lowest BCUT2D eigenvalue weighted by atomic mass is 10.2. The molecule has 7 nitrogen and oxygen atoms in total. The maximum atomic E-state index is 12.9. The van der Waals surface area contributed by atoms with Crippen LogP contribution in [0.25, 0.3) is 0 Å². The lowest BCUT2D eigenvalue weighted by molar-refractivity contribution is -0.137. The number of carbonyl (C=O) groups excluding carboxylic acids is 1. The Bertz CT molecular complexity index is 1160. The third-order valence-electron chi connectivity index (χ3n) is 4.59. The molecule has 0 saturated carbocycles. The Morgan fingerprint density at radius 3 is 2.71 bits per heavy atom. The minimum absolute atomic E-state index is 0.0640. The second kappa shape index (κ2) is 11.1. The third kappa shape index (κ3) is 6.53. The van der Waals surface area contributed by atoms with Gasteiger partial charge < -0.3 is 14.8 Å². The van der Waals surface area contributed by atoms with Crippen LogP contribution in [0.1, 0.15) is 17.0 Å². The van der Waals surface area contributed by atoms with Crippen molar-refractivity contribution in [3.8, 4) is 11.5 Å². The number of amides is 1. The van der Waals surface area contributed by atoms with Gasteiger partial charge in [-0.3, -0.25) is 9.36 Å². The lowest BCUT2D eigenvalue weighted by Gasteiger charge is -2.12. The minimum atomic E-state index is -4.49. The normalized spacial score (nSPS) is 11.2. The summed E-state index contributed by atoms with van der Waals surface area (Å²) < 4.78 is 51.5. The van der Waals surface area contributed by atoms with Gasteiger partial charge in [-0.2, -0.15) is 13.2 Å². The van der Waals surface area contributed by atoms with Crippen molar-refractivity contribution in [2.75, 3.05) is 18.2 Å². The van der Waals surface area contributed by atoms with Gasteiger partial charge in [0.2, 0.25) is 5.91 Å². The van der Waals surface area contributed by atoms with Gasteiger partial charge in [-0.05, 0) is 42.8 Å². The van der Waals surface area contributed by atoms with Crippen molar-refractivity contribution in [2.24, 2.45) is 0 Å². The molecule has 0 atom stereocenters. The molecule has 0 bridgehead atoms. The summed E-state index contributed by atoms with van der Waals surface area (Å²) in [6.07, 6.45) is -2.83. The molecule has 1 heterocycles. The molecular formula is C23H23F3N4O3S. The predicted molar refractivity (Wildman–Crippen MR) is 123 cm³/mol. The summed E-state index contributed by atoms with van der Waals surface area (Å²) in [7, 11) is 1.56. The fourth-order valence-electron chi connectivity index (χ4n) is 2.98. The molecular weight excluding hydrogens is 469 g/mol. The van der Waals surface area contributed by atoms with E-state index in [1.54, 1.807) is 23.8 Å². The van der Waals surface area contributed by atoms with Gasteiger partial charge in [-0.15, -0.1) is 16.8 Å². The molecule has 0 aliphatic rings. The van der Waals surface area contributed by atoms with E-state index in [9.17, 15) is 18.0 Å². The van der Waals surface area contributed by atoms with E-state index in [0.717, 1.165) is 29.5 Å². The van der Waals surface area contributed by atoms with Gasteiger partial charge in [-0.1, -0.05) is 30.0 Å². The number of nitrogens with one attached hydrogen (secondary N) is 1. The second-order valence-corrected chi connectivity index (χ2v) is 8.10. The molecule has 0 saturated heterocycles. The first kappa shape index (κ1) is 25.2. The molecule has 0 fully saturated rings. The number of nitrogens with zero attached hydrogens (tertiary/aromatic N) is 3. The molecule has 11 heteroatoms. The van der Waals surface area contributed by atoms with Crippen molar-refractivity contribution in [3.05, 3.63) is 72.1 Å². The average Bonchev–Trinajstić information content (AvgIpc) is 3.18. The van der Waals surface area contributed by atoms with Crippen molar-refractivity contribution >= 4 is 23.4 Å². The van der Waals surface area contributed by atoms with Gasteiger partial charge >= 0.3 is 6.18 Å². The molecule has 0 spiro atoms. The van der Waals surface area contributed by atoms with Crippen LogP contribution in [0, 0.1) is 6.92 Å². The predicted octanol–water partition coefficient (Wildman–Crippen LogP) is 5.11. The zero-order valence-corrected chi connectivity index (χ0v) is 19.4. The number of ether oxygens (including phenoxy) is 2. The summed E-state index contributed by atoms with van der Waals surface area (Å²) in [5, 5.41) is 11.2. The van der Waals surface area contributed by atoms with Crippen molar-refractivity contribution in [3.63, 3.8) is 0 Å². The first-order chi connectivity index (χ1) is 16.2.